The molecule has 5 N–H and O–H groups in total. The lowest BCUT2D eigenvalue weighted by Gasteiger charge is -2.22. The minimum atomic E-state index is -0.995. The molecule has 1 heterocycles. The van der Waals surface area contributed by atoms with Gasteiger partial charge in [0, 0.05) is 42.7 Å². The van der Waals surface area contributed by atoms with Crippen LogP contribution in [0.4, 0.5) is 15.8 Å². The fraction of sp³-hybridized carbons (Fsp3) is 0.222. The average molecular weight is 490 g/mol. The largest absolute Gasteiger partial charge is 0.481 e. The molecule has 3 aromatic rings. The third-order valence-corrected chi connectivity index (χ3v) is 5.93. The van der Waals surface area contributed by atoms with Crippen molar-refractivity contribution >= 4 is 29.0 Å². The Morgan fingerprint density at radius 3 is 2.58 bits per heavy atom. The molecule has 0 bridgehead atoms. The molecule has 36 heavy (non-hydrogen) atoms. The average Bonchev–Trinajstić information content (AvgIpc) is 3.15. The molecule has 0 spiro atoms. The predicted molar refractivity (Wildman–Crippen MR) is 138 cm³/mol. The lowest BCUT2D eigenvalue weighted by atomic mass is 9.99. The monoisotopic (exact) mass is 489 g/mol. The summed E-state index contributed by atoms with van der Waals surface area (Å²) in [4.78, 5) is 24.6. The van der Waals surface area contributed by atoms with Crippen LogP contribution in [0.5, 0.6) is 0 Å². The minimum Gasteiger partial charge on any atom is -0.481 e. The first-order valence-electron chi connectivity index (χ1n) is 11.5. The molecule has 1 aliphatic rings. The van der Waals surface area contributed by atoms with Crippen LogP contribution < -0.4 is 16.4 Å². The van der Waals surface area contributed by atoms with Crippen molar-refractivity contribution in [1.82, 2.24) is 5.01 Å². The number of benzene rings is 3. The highest BCUT2D eigenvalue weighted by Gasteiger charge is 2.22. The molecule has 0 aliphatic carbocycles. The normalized spacial score (nSPS) is 14.9. The number of anilines is 2. The Labute approximate surface area is 208 Å². The zero-order valence-electron chi connectivity index (χ0n) is 20.1. The van der Waals surface area contributed by atoms with Gasteiger partial charge in [0.2, 0.25) is 0 Å². The highest BCUT2D eigenvalue weighted by molar-refractivity contribution is 6.06. The van der Waals surface area contributed by atoms with Crippen LogP contribution in [0.3, 0.4) is 0 Å². The molecule has 1 amide bonds. The predicted octanol–water partition coefficient (Wildman–Crippen LogP) is 4.28. The first-order valence-corrected chi connectivity index (χ1v) is 11.5. The second kappa shape index (κ2) is 10.6. The molecule has 0 aromatic heterocycles. The van der Waals surface area contributed by atoms with Crippen molar-refractivity contribution in [3.63, 3.8) is 0 Å². The zero-order valence-corrected chi connectivity index (χ0v) is 20.1. The van der Waals surface area contributed by atoms with Gasteiger partial charge in [-0.15, -0.1) is 0 Å². The molecule has 0 saturated carbocycles. The van der Waals surface area contributed by atoms with Gasteiger partial charge in [0.05, 0.1) is 6.42 Å². The molecule has 3 aromatic carbocycles. The van der Waals surface area contributed by atoms with Gasteiger partial charge in [-0.1, -0.05) is 18.2 Å². The van der Waals surface area contributed by atoms with Crippen molar-refractivity contribution < 1.29 is 19.1 Å². The number of carbonyl (C=O) groups excluding carboxylic acids is 1. The van der Waals surface area contributed by atoms with Gasteiger partial charge in [-0.2, -0.15) is 5.10 Å². The lowest BCUT2D eigenvalue weighted by Crippen LogP contribution is -2.31. The maximum Gasteiger partial charge on any atom is 0.307 e. The Hall–Kier alpha value is -4.24. The number of nitrogens with two attached hydrogens (primary N) is 1. The highest BCUT2D eigenvalue weighted by atomic mass is 19.1. The molecule has 8 nitrogen and oxygen atoms in total. The summed E-state index contributed by atoms with van der Waals surface area (Å²) in [6, 6.07) is 16.6. The van der Waals surface area contributed by atoms with E-state index in [1.165, 1.54) is 12.1 Å². The summed E-state index contributed by atoms with van der Waals surface area (Å²) in [6.45, 7) is 2.13. The number of para-hydroxylation sites is 1. The molecule has 1 aliphatic heterocycles. The fourth-order valence-electron chi connectivity index (χ4n) is 4.23. The van der Waals surface area contributed by atoms with E-state index in [0.717, 1.165) is 5.71 Å². The molecule has 9 heteroatoms. The number of halogens is 1. The van der Waals surface area contributed by atoms with Gasteiger partial charge in [-0.05, 0) is 71.6 Å². The molecule has 4 rings (SSSR count). The molecular formula is C27H28FN5O3. The third-order valence-electron chi connectivity index (χ3n) is 5.93. The number of rotatable bonds is 8. The number of amides is 1. The van der Waals surface area contributed by atoms with Gasteiger partial charge in [0.1, 0.15) is 12.0 Å². The second-order valence-electron chi connectivity index (χ2n) is 8.81. The van der Waals surface area contributed by atoms with E-state index < -0.39 is 17.7 Å². The number of nitrogens with zero attached hydrogens (tertiary/aromatic N) is 2. The van der Waals surface area contributed by atoms with E-state index in [4.69, 9.17) is 5.73 Å². The smallest absolute Gasteiger partial charge is 0.307 e. The van der Waals surface area contributed by atoms with Gasteiger partial charge < -0.3 is 21.5 Å². The van der Waals surface area contributed by atoms with Crippen molar-refractivity contribution in [3.05, 3.63) is 83.2 Å². The highest BCUT2D eigenvalue weighted by Crippen LogP contribution is 2.29. The number of nitrogens with one attached hydrogen (secondary N) is 2. The van der Waals surface area contributed by atoms with Gasteiger partial charge in [-0.25, -0.2) is 4.39 Å². The first kappa shape index (κ1) is 24.9. The number of hydrazone groups is 1. The number of carboxylic acid groups (broad SMARTS) is 1. The van der Waals surface area contributed by atoms with Gasteiger partial charge in [0.15, 0.2) is 0 Å². The van der Waals surface area contributed by atoms with Crippen LogP contribution in [0.2, 0.25) is 0 Å². The van der Waals surface area contributed by atoms with Gasteiger partial charge >= 0.3 is 5.97 Å². The fourth-order valence-corrected chi connectivity index (χ4v) is 4.23. The Morgan fingerprint density at radius 2 is 1.89 bits per heavy atom. The molecule has 0 saturated heterocycles. The zero-order chi connectivity index (χ0) is 25.8. The number of hydrogen-bond acceptors (Lipinski definition) is 6. The molecule has 186 valence electrons. The summed E-state index contributed by atoms with van der Waals surface area (Å²) in [5, 5.41) is 21.7. The van der Waals surface area contributed by atoms with E-state index in [9.17, 15) is 19.1 Å². The maximum absolute atomic E-state index is 14.3. The third kappa shape index (κ3) is 5.87. The Balaban J connectivity index is 1.71. The number of carbonyl (C=O) groups is 2. The SMILES string of the molecule is CC1=NN(C)C(Nc2cc(C(=O)Nc3ccccc3CC(=O)O)cc(-c3cc(F)cc(CN)c3)c2)C1. The second-order valence-corrected chi connectivity index (χ2v) is 8.81. The van der Waals surface area contributed by atoms with Crippen molar-refractivity contribution in [2.45, 2.75) is 32.5 Å². The summed E-state index contributed by atoms with van der Waals surface area (Å²) >= 11 is 0. The first-order chi connectivity index (χ1) is 17.2. The van der Waals surface area contributed by atoms with Crippen molar-refractivity contribution in [1.29, 1.82) is 0 Å². The number of carboxylic acids is 1. The van der Waals surface area contributed by atoms with E-state index in [-0.39, 0.29) is 19.1 Å². The summed E-state index contributed by atoms with van der Waals surface area (Å²) in [5.74, 6) is -1.83. The molecule has 1 atom stereocenters. The molecule has 1 unspecified atom stereocenters. The van der Waals surface area contributed by atoms with Gasteiger partial charge in [0.25, 0.3) is 5.91 Å². The van der Waals surface area contributed by atoms with Crippen LogP contribution in [-0.4, -0.2) is 40.9 Å². The molecule has 0 radical (unpaired) electrons. The van der Waals surface area contributed by atoms with Crippen LogP contribution in [0.1, 0.15) is 34.8 Å². The summed E-state index contributed by atoms with van der Waals surface area (Å²) < 4.78 is 14.3. The Bertz CT molecular complexity index is 1340. The van der Waals surface area contributed by atoms with Crippen LogP contribution in [0.15, 0.2) is 65.8 Å². The number of aliphatic carboxylic acids is 1. The molecular weight excluding hydrogens is 461 g/mol. The van der Waals surface area contributed by atoms with Crippen LogP contribution in [0, 0.1) is 5.82 Å². The topological polar surface area (TPSA) is 120 Å². The van der Waals surface area contributed by atoms with Crippen molar-refractivity contribution in [3.8, 4) is 11.1 Å². The van der Waals surface area contributed by atoms with E-state index in [0.29, 0.717) is 45.6 Å². The van der Waals surface area contributed by atoms with Crippen molar-refractivity contribution in [2.24, 2.45) is 10.8 Å². The summed E-state index contributed by atoms with van der Waals surface area (Å²) in [6.07, 6.45) is 0.392. The standard InChI is InChI=1S/C27H28FN5O3/c1-16-7-25(33(2)32-16)30-23-12-20(19-8-17(15-29)9-22(28)11-19)10-21(13-23)27(36)31-24-6-4-3-5-18(24)14-26(34)35/h3-6,8-13,25,30H,7,14-15,29H2,1-2H3,(H,31,36)(H,34,35). The maximum atomic E-state index is 14.3. The molecule has 0 fully saturated rings. The van der Waals surface area contributed by atoms with Crippen molar-refractivity contribution in [2.75, 3.05) is 17.7 Å². The Morgan fingerprint density at radius 1 is 1.14 bits per heavy atom. The van der Waals surface area contributed by atoms with E-state index in [1.807, 2.05) is 25.0 Å². The summed E-state index contributed by atoms with van der Waals surface area (Å²) in [5.41, 5.74) is 10.5. The Kier molecular flexibility index (Phi) is 7.30. The van der Waals surface area contributed by atoms with Crippen LogP contribution in [-0.2, 0) is 17.8 Å². The number of hydrogen-bond donors (Lipinski definition) is 4. The van der Waals surface area contributed by atoms with E-state index in [1.54, 1.807) is 42.5 Å². The quantitative estimate of drug-likeness (QED) is 0.375. The minimum absolute atomic E-state index is 0.0976. The van der Waals surface area contributed by atoms with E-state index in [2.05, 4.69) is 15.7 Å². The van der Waals surface area contributed by atoms with Gasteiger partial charge in [-0.3, -0.25) is 14.6 Å². The van der Waals surface area contributed by atoms with Crippen LogP contribution >= 0.6 is 0 Å². The lowest BCUT2D eigenvalue weighted by molar-refractivity contribution is -0.136. The summed E-state index contributed by atoms with van der Waals surface area (Å²) in [7, 11) is 1.87. The van der Waals surface area contributed by atoms with Crippen LogP contribution in [0.25, 0.3) is 11.1 Å². The van der Waals surface area contributed by atoms with E-state index >= 15 is 0 Å².